The summed E-state index contributed by atoms with van der Waals surface area (Å²) < 4.78 is 0. The zero-order valence-electron chi connectivity index (χ0n) is 10.0. The van der Waals surface area contributed by atoms with Crippen molar-refractivity contribution in [2.24, 2.45) is 0 Å². The Morgan fingerprint density at radius 1 is 1.28 bits per heavy atom. The zero-order valence-corrected chi connectivity index (χ0v) is 11.6. The highest BCUT2D eigenvalue weighted by Gasteiger charge is 2.27. The number of rotatable bonds is 3. The Hall–Kier alpha value is -0.820. The smallest absolute Gasteiger partial charge is 0.321 e. The number of nitrogens with one attached hydrogen (secondary N) is 2. The lowest BCUT2D eigenvalue weighted by molar-refractivity contribution is 0.248. The van der Waals surface area contributed by atoms with Crippen LogP contribution in [0.3, 0.4) is 0 Å². The van der Waals surface area contributed by atoms with E-state index >= 15 is 0 Å². The molecule has 7 heteroatoms. The topological polar surface area (TPSA) is 66.9 Å². The molecule has 1 unspecified atom stereocenters. The van der Waals surface area contributed by atoms with E-state index < -0.39 is 0 Å². The van der Waals surface area contributed by atoms with Crippen molar-refractivity contribution in [3.8, 4) is 0 Å². The van der Waals surface area contributed by atoms with E-state index in [-0.39, 0.29) is 6.03 Å². The minimum Gasteiger partial charge on any atom is -0.334 e. The van der Waals surface area contributed by atoms with Crippen molar-refractivity contribution in [2.75, 3.05) is 16.8 Å². The molecule has 2 N–H and O–H groups in total. The molecule has 1 saturated heterocycles. The first-order valence-electron chi connectivity index (χ1n) is 6.30. The molecule has 1 aliphatic carbocycles. The SMILES string of the molecule is O=C(Nc1nnc(C2CC2)s1)NC1CCCSC1. The van der Waals surface area contributed by atoms with Crippen molar-refractivity contribution in [1.82, 2.24) is 15.5 Å². The first-order chi connectivity index (χ1) is 8.81. The molecule has 1 atom stereocenters. The molecular weight excluding hydrogens is 268 g/mol. The number of nitrogens with zero attached hydrogens (tertiary/aromatic N) is 2. The van der Waals surface area contributed by atoms with Gasteiger partial charge in [0.2, 0.25) is 5.13 Å². The molecule has 3 rings (SSSR count). The summed E-state index contributed by atoms with van der Waals surface area (Å²) in [5, 5.41) is 15.5. The van der Waals surface area contributed by atoms with Crippen LogP contribution in [0.2, 0.25) is 0 Å². The van der Waals surface area contributed by atoms with E-state index in [1.165, 1.54) is 36.4 Å². The molecule has 2 amide bonds. The Labute approximate surface area is 114 Å². The number of urea groups is 1. The summed E-state index contributed by atoms with van der Waals surface area (Å²) in [6, 6.07) is 0.139. The van der Waals surface area contributed by atoms with E-state index in [9.17, 15) is 4.79 Å². The van der Waals surface area contributed by atoms with Gasteiger partial charge in [-0.2, -0.15) is 11.8 Å². The summed E-state index contributed by atoms with van der Waals surface area (Å²) in [7, 11) is 0. The number of thioether (sulfide) groups is 1. The molecule has 2 aliphatic rings. The number of aromatic nitrogens is 2. The molecule has 1 aliphatic heterocycles. The standard InChI is InChI=1S/C11H16N4OS2/c16-10(12-8-2-1-5-17-6-8)13-11-15-14-9(18-11)7-3-4-7/h7-8H,1-6H2,(H2,12,13,15,16). The van der Waals surface area contributed by atoms with Gasteiger partial charge in [-0.1, -0.05) is 11.3 Å². The van der Waals surface area contributed by atoms with Crippen LogP contribution < -0.4 is 10.6 Å². The summed E-state index contributed by atoms with van der Waals surface area (Å²) in [5.41, 5.74) is 0. The molecule has 98 valence electrons. The molecule has 1 aromatic rings. The summed E-state index contributed by atoms with van der Waals surface area (Å²) in [6.45, 7) is 0. The van der Waals surface area contributed by atoms with Crippen molar-refractivity contribution < 1.29 is 4.79 Å². The average molecular weight is 284 g/mol. The maximum absolute atomic E-state index is 11.8. The van der Waals surface area contributed by atoms with E-state index in [1.54, 1.807) is 0 Å². The third-order valence-electron chi connectivity index (χ3n) is 3.08. The molecule has 2 heterocycles. The lowest BCUT2D eigenvalue weighted by Crippen LogP contribution is -2.40. The van der Waals surface area contributed by atoms with E-state index in [4.69, 9.17) is 0 Å². The normalized spacial score (nSPS) is 23.7. The molecule has 5 nitrogen and oxygen atoms in total. The molecule has 18 heavy (non-hydrogen) atoms. The third-order valence-corrected chi connectivity index (χ3v) is 5.30. The Morgan fingerprint density at radius 3 is 2.89 bits per heavy atom. The molecule has 0 radical (unpaired) electrons. The van der Waals surface area contributed by atoms with E-state index in [1.807, 2.05) is 11.8 Å². The Kier molecular flexibility index (Phi) is 3.69. The van der Waals surface area contributed by atoms with Gasteiger partial charge < -0.3 is 5.32 Å². The van der Waals surface area contributed by atoms with Gasteiger partial charge in [-0.3, -0.25) is 5.32 Å². The van der Waals surface area contributed by atoms with Crippen LogP contribution in [0.5, 0.6) is 0 Å². The number of carbonyl (C=O) groups excluding carboxylic acids is 1. The van der Waals surface area contributed by atoms with Gasteiger partial charge in [0, 0.05) is 17.7 Å². The third kappa shape index (κ3) is 3.14. The number of anilines is 1. The van der Waals surface area contributed by atoms with E-state index in [0.29, 0.717) is 17.1 Å². The first kappa shape index (κ1) is 12.2. The zero-order chi connectivity index (χ0) is 12.4. The minimum absolute atomic E-state index is 0.152. The highest BCUT2D eigenvalue weighted by Crippen LogP contribution is 2.41. The van der Waals surface area contributed by atoms with Crippen LogP contribution in [0.1, 0.15) is 36.6 Å². The van der Waals surface area contributed by atoms with Crippen molar-refractivity contribution in [3.05, 3.63) is 5.01 Å². The highest BCUT2D eigenvalue weighted by atomic mass is 32.2. The van der Waals surface area contributed by atoms with Crippen molar-refractivity contribution >= 4 is 34.3 Å². The second-order valence-corrected chi connectivity index (χ2v) is 6.89. The largest absolute Gasteiger partial charge is 0.334 e. The van der Waals surface area contributed by atoms with Crippen LogP contribution in [-0.2, 0) is 0 Å². The molecule has 1 aromatic heterocycles. The molecule has 0 aromatic carbocycles. The van der Waals surface area contributed by atoms with Crippen LogP contribution in [-0.4, -0.2) is 33.8 Å². The fourth-order valence-electron chi connectivity index (χ4n) is 1.95. The number of carbonyl (C=O) groups is 1. The Balaban J connectivity index is 1.49. The predicted molar refractivity (Wildman–Crippen MR) is 74.4 cm³/mol. The van der Waals surface area contributed by atoms with Gasteiger partial charge in [-0.05, 0) is 31.4 Å². The second-order valence-electron chi connectivity index (χ2n) is 4.73. The molecule has 0 bridgehead atoms. The van der Waals surface area contributed by atoms with Gasteiger partial charge in [0.1, 0.15) is 5.01 Å². The highest BCUT2D eigenvalue weighted by molar-refractivity contribution is 7.99. The van der Waals surface area contributed by atoms with Crippen molar-refractivity contribution in [1.29, 1.82) is 0 Å². The van der Waals surface area contributed by atoms with Gasteiger partial charge in [0.25, 0.3) is 0 Å². The number of amides is 2. The summed E-state index contributed by atoms with van der Waals surface area (Å²) >= 11 is 3.39. The molecule has 1 saturated carbocycles. The maximum Gasteiger partial charge on any atom is 0.321 e. The van der Waals surface area contributed by atoms with Gasteiger partial charge in [-0.25, -0.2) is 4.79 Å². The van der Waals surface area contributed by atoms with Gasteiger partial charge >= 0.3 is 6.03 Å². The van der Waals surface area contributed by atoms with Crippen molar-refractivity contribution in [3.63, 3.8) is 0 Å². The van der Waals surface area contributed by atoms with Crippen LogP contribution in [0.4, 0.5) is 9.93 Å². The summed E-state index contributed by atoms with van der Waals surface area (Å²) in [5.74, 6) is 2.81. The Bertz CT molecular complexity index is 426. The van der Waals surface area contributed by atoms with Crippen molar-refractivity contribution in [2.45, 2.75) is 37.6 Å². The van der Waals surface area contributed by atoms with E-state index in [0.717, 1.165) is 17.2 Å². The summed E-state index contributed by atoms with van der Waals surface area (Å²) in [6.07, 6.45) is 4.67. The van der Waals surface area contributed by atoms with Crippen LogP contribution >= 0.6 is 23.1 Å². The lowest BCUT2D eigenvalue weighted by Gasteiger charge is -2.22. The van der Waals surface area contributed by atoms with Gasteiger partial charge in [-0.15, -0.1) is 10.2 Å². The minimum atomic E-state index is -0.152. The monoisotopic (exact) mass is 284 g/mol. The Morgan fingerprint density at radius 2 is 2.17 bits per heavy atom. The first-order valence-corrected chi connectivity index (χ1v) is 8.27. The van der Waals surface area contributed by atoms with E-state index in [2.05, 4.69) is 20.8 Å². The predicted octanol–water partition coefficient (Wildman–Crippen LogP) is 2.43. The number of hydrogen-bond acceptors (Lipinski definition) is 5. The van der Waals surface area contributed by atoms with Crippen LogP contribution in [0.15, 0.2) is 0 Å². The fourth-order valence-corrected chi connectivity index (χ4v) is 3.93. The fraction of sp³-hybridized carbons (Fsp3) is 0.727. The van der Waals surface area contributed by atoms with Crippen LogP contribution in [0.25, 0.3) is 0 Å². The van der Waals surface area contributed by atoms with Gasteiger partial charge in [0.15, 0.2) is 0 Å². The summed E-state index contributed by atoms with van der Waals surface area (Å²) in [4.78, 5) is 11.8. The average Bonchev–Trinajstić information content (AvgIpc) is 3.12. The molecular formula is C11H16N4OS2. The second kappa shape index (κ2) is 5.44. The lowest BCUT2D eigenvalue weighted by atomic mass is 10.2. The maximum atomic E-state index is 11.8. The quantitative estimate of drug-likeness (QED) is 0.894. The molecule has 0 spiro atoms. The van der Waals surface area contributed by atoms with Gasteiger partial charge in [0.05, 0.1) is 0 Å². The number of hydrogen-bond donors (Lipinski definition) is 2. The van der Waals surface area contributed by atoms with Crippen LogP contribution in [0, 0.1) is 0 Å². The molecule has 2 fully saturated rings.